The standard InChI is InChI=1S/C12H17N3O2S/c1-8-2-3-9(11(13)16)6-15(8)12(17)14-10-4-5-18-7-10/h4-5,7-9H,2-3,6H2,1H3,(H2,13,16)(H,14,17). The van der Waals surface area contributed by atoms with Crippen molar-refractivity contribution in [2.75, 3.05) is 11.9 Å². The summed E-state index contributed by atoms with van der Waals surface area (Å²) < 4.78 is 0. The molecule has 3 N–H and O–H groups in total. The van der Waals surface area contributed by atoms with Gasteiger partial charge in [0.2, 0.25) is 5.91 Å². The van der Waals surface area contributed by atoms with Crippen LogP contribution < -0.4 is 11.1 Å². The second kappa shape index (κ2) is 5.39. The number of nitrogens with zero attached hydrogens (tertiary/aromatic N) is 1. The number of nitrogens with two attached hydrogens (primary N) is 1. The molecule has 0 aromatic carbocycles. The van der Waals surface area contributed by atoms with Gasteiger partial charge in [-0.2, -0.15) is 11.3 Å². The van der Waals surface area contributed by atoms with Crippen LogP contribution in [0.4, 0.5) is 10.5 Å². The molecular formula is C12H17N3O2S. The molecule has 2 rings (SSSR count). The maximum Gasteiger partial charge on any atom is 0.322 e. The number of piperidine rings is 1. The molecule has 1 aliphatic rings. The van der Waals surface area contributed by atoms with Crippen LogP contribution in [0.5, 0.6) is 0 Å². The predicted octanol–water partition coefficient (Wildman–Crippen LogP) is 1.87. The third-order valence-electron chi connectivity index (χ3n) is 3.32. The van der Waals surface area contributed by atoms with Crippen LogP contribution in [-0.2, 0) is 4.79 Å². The van der Waals surface area contributed by atoms with E-state index in [1.165, 1.54) is 11.3 Å². The zero-order valence-electron chi connectivity index (χ0n) is 10.3. The number of carbonyl (C=O) groups is 2. The summed E-state index contributed by atoms with van der Waals surface area (Å²) in [6.45, 7) is 2.40. The first-order valence-electron chi connectivity index (χ1n) is 5.97. The highest BCUT2D eigenvalue weighted by Crippen LogP contribution is 2.23. The molecule has 0 saturated carbocycles. The van der Waals surface area contributed by atoms with Gasteiger partial charge in [0.15, 0.2) is 0 Å². The zero-order valence-corrected chi connectivity index (χ0v) is 11.1. The Morgan fingerprint density at radius 1 is 1.50 bits per heavy atom. The lowest BCUT2D eigenvalue weighted by molar-refractivity contribution is -0.123. The number of amides is 3. The van der Waals surface area contributed by atoms with Crippen LogP contribution in [0.25, 0.3) is 0 Å². The van der Waals surface area contributed by atoms with Crippen molar-refractivity contribution in [2.45, 2.75) is 25.8 Å². The molecule has 5 nitrogen and oxygen atoms in total. The monoisotopic (exact) mass is 267 g/mol. The van der Waals surface area contributed by atoms with Crippen LogP contribution in [0.1, 0.15) is 19.8 Å². The maximum atomic E-state index is 12.1. The number of nitrogens with one attached hydrogen (secondary N) is 1. The Balaban J connectivity index is 2.01. The normalized spacial score (nSPS) is 23.7. The molecule has 3 amide bonds. The van der Waals surface area contributed by atoms with Crippen LogP contribution in [0.15, 0.2) is 16.8 Å². The molecule has 1 saturated heterocycles. The van der Waals surface area contributed by atoms with E-state index in [2.05, 4.69) is 5.32 Å². The molecule has 6 heteroatoms. The van der Waals surface area contributed by atoms with Gasteiger partial charge < -0.3 is 16.0 Å². The summed E-state index contributed by atoms with van der Waals surface area (Å²) in [6, 6.07) is 1.83. The van der Waals surface area contributed by atoms with Gasteiger partial charge in [0, 0.05) is 18.0 Å². The topological polar surface area (TPSA) is 75.4 Å². The molecule has 2 unspecified atom stereocenters. The van der Waals surface area contributed by atoms with Gasteiger partial charge in [-0.05, 0) is 31.2 Å². The summed E-state index contributed by atoms with van der Waals surface area (Å²) in [7, 11) is 0. The van der Waals surface area contributed by atoms with Crippen molar-refractivity contribution in [2.24, 2.45) is 11.7 Å². The quantitative estimate of drug-likeness (QED) is 0.858. The van der Waals surface area contributed by atoms with E-state index in [0.29, 0.717) is 6.54 Å². The first-order valence-corrected chi connectivity index (χ1v) is 6.91. The average molecular weight is 267 g/mol. The molecule has 0 bridgehead atoms. The first-order chi connectivity index (χ1) is 8.58. The Morgan fingerprint density at radius 3 is 2.89 bits per heavy atom. The highest BCUT2D eigenvalue weighted by atomic mass is 32.1. The van der Waals surface area contributed by atoms with Crippen LogP contribution >= 0.6 is 11.3 Å². The maximum absolute atomic E-state index is 12.1. The first kappa shape index (κ1) is 12.9. The third-order valence-corrected chi connectivity index (χ3v) is 4.00. The van der Waals surface area contributed by atoms with Crippen molar-refractivity contribution in [3.63, 3.8) is 0 Å². The number of anilines is 1. The molecule has 0 aliphatic carbocycles. The number of carbonyl (C=O) groups excluding carboxylic acids is 2. The molecule has 1 fully saturated rings. The highest BCUT2D eigenvalue weighted by Gasteiger charge is 2.31. The van der Waals surface area contributed by atoms with Gasteiger partial charge in [-0.3, -0.25) is 4.79 Å². The van der Waals surface area contributed by atoms with Gasteiger partial charge in [-0.25, -0.2) is 4.79 Å². The van der Waals surface area contributed by atoms with Crippen LogP contribution in [0.2, 0.25) is 0 Å². The summed E-state index contributed by atoms with van der Waals surface area (Å²) >= 11 is 1.53. The average Bonchev–Trinajstić information content (AvgIpc) is 2.81. The summed E-state index contributed by atoms with van der Waals surface area (Å²) in [5.74, 6) is -0.551. The van der Waals surface area contributed by atoms with Crippen molar-refractivity contribution in [3.05, 3.63) is 16.8 Å². The van der Waals surface area contributed by atoms with E-state index in [0.717, 1.165) is 18.5 Å². The van der Waals surface area contributed by atoms with E-state index < -0.39 is 0 Å². The van der Waals surface area contributed by atoms with Gasteiger partial charge in [-0.1, -0.05) is 0 Å². The molecule has 98 valence electrons. The molecule has 2 heterocycles. The van der Waals surface area contributed by atoms with E-state index in [9.17, 15) is 9.59 Å². The molecule has 18 heavy (non-hydrogen) atoms. The zero-order chi connectivity index (χ0) is 13.1. The molecule has 0 spiro atoms. The second-order valence-electron chi connectivity index (χ2n) is 4.62. The van der Waals surface area contributed by atoms with Crippen molar-refractivity contribution < 1.29 is 9.59 Å². The third kappa shape index (κ3) is 2.81. The van der Waals surface area contributed by atoms with E-state index in [1.807, 2.05) is 23.8 Å². The fraction of sp³-hybridized carbons (Fsp3) is 0.500. The number of likely N-dealkylation sites (tertiary alicyclic amines) is 1. The van der Waals surface area contributed by atoms with E-state index >= 15 is 0 Å². The van der Waals surface area contributed by atoms with E-state index in [1.54, 1.807) is 4.90 Å². The minimum atomic E-state index is -0.324. The second-order valence-corrected chi connectivity index (χ2v) is 5.40. The fourth-order valence-corrected chi connectivity index (χ4v) is 2.74. The van der Waals surface area contributed by atoms with Crippen LogP contribution in [0.3, 0.4) is 0 Å². The molecule has 2 atom stereocenters. The Labute approximate surface area is 110 Å². The number of primary amides is 1. The molecule has 1 aromatic rings. The SMILES string of the molecule is CC1CCC(C(N)=O)CN1C(=O)Nc1ccsc1. The fourth-order valence-electron chi connectivity index (χ4n) is 2.15. The summed E-state index contributed by atoms with van der Waals surface area (Å²) in [5.41, 5.74) is 6.11. The molecule has 1 aliphatic heterocycles. The molecule has 0 radical (unpaired) electrons. The number of rotatable bonds is 2. The van der Waals surface area contributed by atoms with Crippen LogP contribution in [0, 0.1) is 5.92 Å². The Kier molecular flexibility index (Phi) is 3.86. The number of urea groups is 1. The lowest BCUT2D eigenvalue weighted by Crippen LogP contribution is -2.50. The largest absolute Gasteiger partial charge is 0.369 e. The van der Waals surface area contributed by atoms with Gasteiger partial charge in [-0.15, -0.1) is 0 Å². The van der Waals surface area contributed by atoms with Crippen molar-refractivity contribution in [1.82, 2.24) is 4.90 Å². The smallest absolute Gasteiger partial charge is 0.322 e. The Hall–Kier alpha value is -1.56. The minimum absolute atomic E-state index is 0.138. The van der Waals surface area contributed by atoms with Crippen molar-refractivity contribution in [1.29, 1.82) is 0 Å². The molecule has 1 aromatic heterocycles. The minimum Gasteiger partial charge on any atom is -0.369 e. The predicted molar refractivity (Wildman–Crippen MR) is 71.4 cm³/mol. The number of hydrogen-bond donors (Lipinski definition) is 2. The van der Waals surface area contributed by atoms with Gasteiger partial charge in [0.1, 0.15) is 0 Å². The Morgan fingerprint density at radius 2 is 2.28 bits per heavy atom. The van der Waals surface area contributed by atoms with Crippen molar-refractivity contribution in [3.8, 4) is 0 Å². The summed E-state index contributed by atoms with van der Waals surface area (Å²) in [4.78, 5) is 25.0. The molecular weight excluding hydrogens is 250 g/mol. The Bertz CT molecular complexity index is 433. The lowest BCUT2D eigenvalue weighted by atomic mass is 9.93. The number of thiophene rings is 1. The van der Waals surface area contributed by atoms with E-state index in [4.69, 9.17) is 5.73 Å². The van der Waals surface area contributed by atoms with Crippen LogP contribution in [-0.4, -0.2) is 29.4 Å². The lowest BCUT2D eigenvalue weighted by Gasteiger charge is -2.36. The van der Waals surface area contributed by atoms with E-state index in [-0.39, 0.29) is 23.9 Å². The van der Waals surface area contributed by atoms with Crippen molar-refractivity contribution >= 4 is 29.0 Å². The summed E-state index contributed by atoms with van der Waals surface area (Å²) in [5, 5.41) is 6.60. The summed E-state index contributed by atoms with van der Waals surface area (Å²) in [6.07, 6.45) is 1.57. The van der Waals surface area contributed by atoms with Gasteiger partial charge in [0.25, 0.3) is 0 Å². The van der Waals surface area contributed by atoms with Gasteiger partial charge in [0.05, 0.1) is 11.6 Å². The van der Waals surface area contributed by atoms with Gasteiger partial charge >= 0.3 is 6.03 Å². The highest BCUT2D eigenvalue weighted by molar-refractivity contribution is 7.08. The number of hydrogen-bond acceptors (Lipinski definition) is 3.